The van der Waals surface area contributed by atoms with Gasteiger partial charge in [0.05, 0.1) is 17.6 Å². The van der Waals surface area contributed by atoms with E-state index >= 15 is 0 Å². The van der Waals surface area contributed by atoms with E-state index in [1.807, 2.05) is 0 Å². The molecule has 0 aliphatic heterocycles. The number of hydrogen-bond donors (Lipinski definition) is 1. The van der Waals surface area contributed by atoms with Crippen LogP contribution in [0.5, 0.6) is 0 Å². The maximum atomic E-state index is 13.0. The van der Waals surface area contributed by atoms with Gasteiger partial charge in [0, 0.05) is 18.3 Å². The standard InChI is InChI=1S/C17H18FN3O3/c1-11-8-15(21(23)24)17(19-9-11)20(14-6-7-14)10-16(22)12-2-4-13(18)5-3-12/h2-5,8-9,14,16,22H,6-7,10H2,1H3. The molecule has 6 nitrogen and oxygen atoms in total. The third-order valence-electron chi connectivity index (χ3n) is 4.06. The topological polar surface area (TPSA) is 79.5 Å². The fraction of sp³-hybridized carbons (Fsp3) is 0.353. The van der Waals surface area contributed by atoms with Crippen LogP contribution in [0.4, 0.5) is 15.9 Å². The van der Waals surface area contributed by atoms with Crippen molar-refractivity contribution in [3.05, 3.63) is 63.6 Å². The predicted molar refractivity (Wildman–Crippen MR) is 87.4 cm³/mol. The number of hydrogen-bond acceptors (Lipinski definition) is 5. The fourth-order valence-electron chi connectivity index (χ4n) is 2.67. The molecule has 0 saturated heterocycles. The first-order valence-electron chi connectivity index (χ1n) is 7.77. The Morgan fingerprint density at radius 1 is 1.42 bits per heavy atom. The van der Waals surface area contributed by atoms with Crippen LogP contribution in [0.1, 0.15) is 30.1 Å². The Labute approximate surface area is 138 Å². The van der Waals surface area contributed by atoms with Crippen LogP contribution in [0.3, 0.4) is 0 Å². The number of anilines is 1. The summed E-state index contributed by atoms with van der Waals surface area (Å²) in [5.41, 5.74) is 1.21. The fourth-order valence-corrected chi connectivity index (χ4v) is 2.67. The second-order valence-corrected chi connectivity index (χ2v) is 6.06. The Morgan fingerprint density at radius 2 is 2.08 bits per heavy atom. The zero-order valence-electron chi connectivity index (χ0n) is 13.2. The molecule has 1 aromatic carbocycles. The average Bonchev–Trinajstić information content (AvgIpc) is 3.38. The molecule has 0 amide bonds. The van der Waals surface area contributed by atoms with Crippen LogP contribution < -0.4 is 4.90 Å². The van der Waals surface area contributed by atoms with Gasteiger partial charge in [-0.05, 0) is 43.0 Å². The summed E-state index contributed by atoms with van der Waals surface area (Å²) in [7, 11) is 0. The summed E-state index contributed by atoms with van der Waals surface area (Å²) in [4.78, 5) is 16.9. The molecule has 0 bridgehead atoms. The first kappa shape index (κ1) is 16.3. The SMILES string of the molecule is Cc1cnc(N(CC(O)c2ccc(F)cc2)C2CC2)c([N+](=O)[O-])c1. The molecule has 24 heavy (non-hydrogen) atoms. The summed E-state index contributed by atoms with van der Waals surface area (Å²) in [6, 6.07) is 7.22. The van der Waals surface area contributed by atoms with Crippen molar-refractivity contribution >= 4 is 11.5 Å². The third kappa shape index (κ3) is 3.51. The molecular formula is C17H18FN3O3. The zero-order valence-corrected chi connectivity index (χ0v) is 13.2. The van der Waals surface area contributed by atoms with Gasteiger partial charge in [0.25, 0.3) is 0 Å². The van der Waals surface area contributed by atoms with Crippen LogP contribution >= 0.6 is 0 Å². The van der Waals surface area contributed by atoms with Crippen molar-refractivity contribution in [3.63, 3.8) is 0 Å². The largest absolute Gasteiger partial charge is 0.387 e. The predicted octanol–water partition coefficient (Wildman–Crippen LogP) is 3.14. The van der Waals surface area contributed by atoms with Crippen LogP contribution in [-0.2, 0) is 0 Å². The quantitative estimate of drug-likeness (QED) is 0.650. The summed E-state index contributed by atoms with van der Waals surface area (Å²) in [5, 5.41) is 21.8. The van der Waals surface area contributed by atoms with E-state index in [0.717, 1.165) is 12.8 Å². The first-order valence-corrected chi connectivity index (χ1v) is 7.77. The van der Waals surface area contributed by atoms with Crippen LogP contribution in [0.25, 0.3) is 0 Å². The molecule has 0 spiro atoms. The second kappa shape index (κ2) is 6.52. The molecule has 0 radical (unpaired) electrons. The third-order valence-corrected chi connectivity index (χ3v) is 4.06. The van der Waals surface area contributed by atoms with E-state index in [1.54, 1.807) is 18.0 Å². The Morgan fingerprint density at radius 3 is 2.67 bits per heavy atom. The van der Waals surface area contributed by atoms with Crippen molar-refractivity contribution in [2.75, 3.05) is 11.4 Å². The van der Waals surface area contributed by atoms with Crippen LogP contribution in [-0.4, -0.2) is 27.6 Å². The molecule has 1 fully saturated rings. The van der Waals surface area contributed by atoms with E-state index in [9.17, 15) is 19.6 Å². The Balaban J connectivity index is 1.88. The van der Waals surface area contributed by atoms with Gasteiger partial charge in [-0.3, -0.25) is 10.1 Å². The van der Waals surface area contributed by atoms with Crippen LogP contribution in [0.15, 0.2) is 36.5 Å². The summed E-state index contributed by atoms with van der Waals surface area (Å²) >= 11 is 0. The van der Waals surface area contributed by atoms with Gasteiger partial charge in [0.2, 0.25) is 5.82 Å². The van der Waals surface area contributed by atoms with E-state index in [2.05, 4.69) is 4.98 Å². The average molecular weight is 331 g/mol. The number of nitro groups is 1. The van der Waals surface area contributed by atoms with Crippen LogP contribution in [0, 0.1) is 22.9 Å². The monoisotopic (exact) mass is 331 g/mol. The second-order valence-electron chi connectivity index (χ2n) is 6.06. The first-order chi connectivity index (χ1) is 11.5. The lowest BCUT2D eigenvalue weighted by Gasteiger charge is -2.26. The molecule has 1 N–H and O–H groups in total. The number of pyridine rings is 1. The molecule has 1 aliphatic carbocycles. The van der Waals surface area contributed by atoms with Gasteiger partial charge in [0.1, 0.15) is 5.82 Å². The molecule has 7 heteroatoms. The van der Waals surface area contributed by atoms with Crippen LogP contribution in [0.2, 0.25) is 0 Å². The van der Waals surface area contributed by atoms with E-state index in [4.69, 9.17) is 0 Å². The number of rotatable bonds is 6. The van der Waals surface area contributed by atoms with Gasteiger partial charge in [-0.25, -0.2) is 9.37 Å². The van der Waals surface area contributed by atoms with Gasteiger partial charge in [-0.2, -0.15) is 0 Å². The number of aliphatic hydroxyl groups excluding tert-OH is 1. The van der Waals surface area contributed by atoms with Gasteiger partial charge in [0.15, 0.2) is 0 Å². The number of aliphatic hydroxyl groups is 1. The normalized spacial score (nSPS) is 15.1. The van der Waals surface area contributed by atoms with Crippen molar-refractivity contribution in [2.45, 2.75) is 31.9 Å². The summed E-state index contributed by atoms with van der Waals surface area (Å²) in [6.45, 7) is 1.92. The minimum atomic E-state index is -0.881. The smallest absolute Gasteiger partial charge is 0.311 e. The van der Waals surface area contributed by atoms with Crippen molar-refractivity contribution < 1.29 is 14.4 Å². The lowest BCUT2D eigenvalue weighted by Crippen LogP contribution is -2.32. The van der Waals surface area contributed by atoms with E-state index in [0.29, 0.717) is 11.1 Å². The maximum absolute atomic E-state index is 13.0. The molecule has 1 aliphatic rings. The highest BCUT2D eigenvalue weighted by Crippen LogP contribution is 2.37. The number of nitrogens with zero attached hydrogens (tertiary/aromatic N) is 3. The van der Waals surface area contributed by atoms with Crippen molar-refractivity contribution in [2.24, 2.45) is 0 Å². The minimum Gasteiger partial charge on any atom is -0.387 e. The highest BCUT2D eigenvalue weighted by atomic mass is 19.1. The van der Waals surface area contributed by atoms with Crippen molar-refractivity contribution in [1.82, 2.24) is 4.98 Å². The summed E-state index contributed by atoms with van der Waals surface area (Å²) in [5.74, 6) is -0.102. The number of aromatic nitrogens is 1. The minimum absolute atomic E-state index is 0.0618. The molecule has 1 unspecified atom stereocenters. The molecule has 126 valence electrons. The highest BCUT2D eigenvalue weighted by Gasteiger charge is 2.35. The number of halogens is 1. The molecule has 1 saturated carbocycles. The molecular weight excluding hydrogens is 313 g/mol. The Bertz CT molecular complexity index is 747. The molecule has 1 aromatic heterocycles. The maximum Gasteiger partial charge on any atom is 0.311 e. The van der Waals surface area contributed by atoms with Gasteiger partial charge < -0.3 is 10.0 Å². The lowest BCUT2D eigenvalue weighted by atomic mass is 10.1. The zero-order chi connectivity index (χ0) is 17.3. The van der Waals surface area contributed by atoms with Crippen molar-refractivity contribution in [1.29, 1.82) is 0 Å². The molecule has 3 rings (SSSR count). The number of aryl methyl sites for hydroxylation is 1. The van der Waals surface area contributed by atoms with E-state index in [-0.39, 0.29) is 29.9 Å². The molecule has 2 aromatic rings. The van der Waals surface area contributed by atoms with Gasteiger partial charge in [-0.15, -0.1) is 0 Å². The lowest BCUT2D eigenvalue weighted by molar-refractivity contribution is -0.384. The summed E-state index contributed by atoms with van der Waals surface area (Å²) in [6.07, 6.45) is 2.52. The number of benzene rings is 1. The van der Waals surface area contributed by atoms with Crippen molar-refractivity contribution in [3.8, 4) is 0 Å². The Kier molecular flexibility index (Phi) is 4.44. The molecule has 1 atom stereocenters. The van der Waals surface area contributed by atoms with E-state index in [1.165, 1.54) is 30.3 Å². The highest BCUT2D eigenvalue weighted by molar-refractivity contribution is 5.60. The molecule has 1 heterocycles. The van der Waals surface area contributed by atoms with E-state index < -0.39 is 11.0 Å². The Hall–Kier alpha value is -2.54. The van der Waals surface area contributed by atoms with Gasteiger partial charge >= 0.3 is 5.69 Å². The van der Waals surface area contributed by atoms with Gasteiger partial charge in [-0.1, -0.05) is 12.1 Å². The summed E-state index contributed by atoms with van der Waals surface area (Å²) < 4.78 is 13.0.